The summed E-state index contributed by atoms with van der Waals surface area (Å²) in [4.78, 5) is 17.1. The van der Waals surface area contributed by atoms with Crippen LogP contribution in [-0.4, -0.2) is 54.0 Å². The summed E-state index contributed by atoms with van der Waals surface area (Å²) in [5.74, 6) is -0.109. The molecule has 126 valence electrons. The Kier molecular flexibility index (Phi) is 5.34. The fourth-order valence-electron chi connectivity index (χ4n) is 4.12. The van der Waals surface area contributed by atoms with Crippen molar-refractivity contribution in [3.05, 3.63) is 35.9 Å². The number of hydrogen-bond acceptors (Lipinski definition) is 3. The highest BCUT2D eigenvalue weighted by Gasteiger charge is 2.44. The van der Waals surface area contributed by atoms with E-state index in [1.165, 1.54) is 24.8 Å². The molecule has 2 saturated heterocycles. The molecule has 2 aliphatic heterocycles. The number of benzene rings is 1. The molecular weight excluding hydrogens is 286 g/mol. The van der Waals surface area contributed by atoms with Crippen LogP contribution in [0, 0.1) is 0 Å². The zero-order chi connectivity index (χ0) is 16.1. The van der Waals surface area contributed by atoms with E-state index in [-0.39, 0.29) is 11.4 Å². The molecule has 23 heavy (non-hydrogen) atoms. The van der Waals surface area contributed by atoms with Crippen LogP contribution in [0.25, 0.3) is 0 Å². The quantitative estimate of drug-likeness (QED) is 0.904. The van der Waals surface area contributed by atoms with Gasteiger partial charge in [-0.2, -0.15) is 0 Å². The molecule has 1 amide bonds. The van der Waals surface area contributed by atoms with Gasteiger partial charge in [-0.3, -0.25) is 9.69 Å². The van der Waals surface area contributed by atoms with Crippen molar-refractivity contribution in [3.63, 3.8) is 0 Å². The van der Waals surface area contributed by atoms with Gasteiger partial charge in [-0.05, 0) is 50.8 Å². The van der Waals surface area contributed by atoms with Crippen LogP contribution < -0.4 is 5.73 Å². The van der Waals surface area contributed by atoms with Gasteiger partial charge in [-0.25, -0.2) is 0 Å². The van der Waals surface area contributed by atoms with Gasteiger partial charge in [0.25, 0.3) is 0 Å². The lowest BCUT2D eigenvalue weighted by Gasteiger charge is -2.48. The van der Waals surface area contributed by atoms with E-state index in [0.717, 1.165) is 52.0 Å². The minimum atomic E-state index is -0.385. The number of piperidine rings is 2. The van der Waals surface area contributed by atoms with Crippen LogP contribution in [0.3, 0.4) is 0 Å². The third kappa shape index (κ3) is 3.75. The van der Waals surface area contributed by atoms with E-state index in [4.69, 9.17) is 5.73 Å². The SMILES string of the molecule is NC(=O)C1(N2CCCCC2)CCN(CCc2ccccc2)CC1. The van der Waals surface area contributed by atoms with Crippen LogP contribution in [0.1, 0.15) is 37.7 Å². The Balaban J connectivity index is 1.56. The van der Waals surface area contributed by atoms with E-state index in [9.17, 15) is 4.79 Å². The predicted octanol–water partition coefficient (Wildman–Crippen LogP) is 2.03. The molecule has 0 bridgehead atoms. The van der Waals surface area contributed by atoms with Gasteiger partial charge in [0.2, 0.25) is 5.91 Å². The van der Waals surface area contributed by atoms with Gasteiger partial charge in [-0.15, -0.1) is 0 Å². The molecule has 2 fully saturated rings. The second kappa shape index (κ2) is 7.45. The summed E-state index contributed by atoms with van der Waals surface area (Å²) in [5, 5.41) is 0. The fourth-order valence-corrected chi connectivity index (χ4v) is 4.12. The van der Waals surface area contributed by atoms with Gasteiger partial charge in [-0.1, -0.05) is 36.8 Å². The van der Waals surface area contributed by atoms with Crippen molar-refractivity contribution >= 4 is 5.91 Å². The van der Waals surface area contributed by atoms with Gasteiger partial charge < -0.3 is 10.6 Å². The Morgan fingerprint density at radius 2 is 1.65 bits per heavy atom. The second-order valence-electron chi connectivity index (χ2n) is 7.02. The number of nitrogens with zero attached hydrogens (tertiary/aromatic N) is 2. The molecule has 2 N–H and O–H groups in total. The number of nitrogens with two attached hydrogens (primary N) is 1. The van der Waals surface area contributed by atoms with E-state index >= 15 is 0 Å². The van der Waals surface area contributed by atoms with Crippen molar-refractivity contribution in [2.45, 2.75) is 44.1 Å². The standard InChI is InChI=1S/C19H29N3O/c20-18(23)19(22-12-5-2-6-13-22)10-15-21(16-11-19)14-9-17-7-3-1-4-8-17/h1,3-4,7-8H,2,5-6,9-16H2,(H2,20,23). The molecule has 1 aromatic rings. The summed E-state index contributed by atoms with van der Waals surface area (Å²) in [6.07, 6.45) is 6.54. The van der Waals surface area contributed by atoms with Crippen LogP contribution in [0.5, 0.6) is 0 Å². The smallest absolute Gasteiger partial charge is 0.238 e. The fraction of sp³-hybridized carbons (Fsp3) is 0.632. The van der Waals surface area contributed by atoms with E-state index in [2.05, 4.69) is 40.1 Å². The number of carbonyl (C=O) groups is 1. The lowest BCUT2D eigenvalue weighted by Crippen LogP contribution is -2.63. The van der Waals surface area contributed by atoms with Crippen molar-refractivity contribution in [2.75, 3.05) is 32.7 Å². The molecule has 4 heteroatoms. The minimum absolute atomic E-state index is 0.109. The summed E-state index contributed by atoms with van der Waals surface area (Å²) in [6.45, 7) is 5.09. The average molecular weight is 315 g/mol. The molecule has 2 heterocycles. The molecule has 0 radical (unpaired) electrons. The first-order valence-electron chi connectivity index (χ1n) is 9.02. The Hall–Kier alpha value is -1.39. The molecule has 0 aromatic heterocycles. The van der Waals surface area contributed by atoms with Crippen LogP contribution >= 0.6 is 0 Å². The number of likely N-dealkylation sites (tertiary alicyclic amines) is 2. The van der Waals surface area contributed by atoms with Gasteiger partial charge in [0, 0.05) is 19.6 Å². The maximum atomic E-state index is 12.2. The van der Waals surface area contributed by atoms with Gasteiger partial charge in [0.1, 0.15) is 5.54 Å². The van der Waals surface area contributed by atoms with Crippen LogP contribution in [0.15, 0.2) is 30.3 Å². The first kappa shape index (κ1) is 16.5. The van der Waals surface area contributed by atoms with E-state index in [1.54, 1.807) is 0 Å². The molecule has 3 rings (SSSR count). The third-order valence-electron chi connectivity index (χ3n) is 5.66. The van der Waals surface area contributed by atoms with Crippen molar-refractivity contribution in [3.8, 4) is 0 Å². The Morgan fingerprint density at radius 1 is 1.00 bits per heavy atom. The second-order valence-corrected chi connectivity index (χ2v) is 7.02. The topological polar surface area (TPSA) is 49.6 Å². The largest absolute Gasteiger partial charge is 0.368 e. The summed E-state index contributed by atoms with van der Waals surface area (Å²) in [7, 11) is 0. The molecule has 4 nitrogen and oxygen atoms in total. The Morgan fingerprint density at radius 3 is 2.26 bits per heavy atom. The van der Waals surface area contributed by atoms with Crippen molar-refractivity contribution in [1.82, 2.24) is 9.80 Å². The van der Waals surface area contributed by atoms with Crippen LogP contribution in [-0.2, 0) is 11.2 Å². The molecule has 0 saturated carbocycles. The highest BCUT2D eigenvalue weighted by atomic mass is 16.1. The molecule has 1 aromatic carbocycles. The van der Waals surface area contributed by atoms with Gasteiger partial charge >= 0.3 is 0 Å². The lowest BCUT2D eigenvalue weighted by atomic mass is 9.83. The lowest BCUT2D eigenvalue weighted by molar-refractivity contribution is -0.134. The summed E-state index contributed by atoms with van der Waals surface area (Å²) in [6, 6.07) is 10.6. The third-order valence-corrected chi connectivity index (χ3v) is 5.66. The molecule has 0 spiro atoms. The van der Waals surface area contributed by atoms with Crippen molar-refractivity contribution < 1.29 is 4.79 Å². The minimum Gasteiger partial charge on any atom is -0.368 e. The number of rotatable bonds is 5. The maximum absolute atomic E-state index is 12.2. The molecule has 0 unspecified atom stereocenters. The number of hydrogen-bond donors (Lipinski definition) is 1. The van der Waals surface area contributed by atoms with Crippen molar-refractivity contribution in [1.29, 1.82) is 0 Å². The summed E-state index contributed by atoms with van der Waals surface area (Å²) < 4.78 is 0. The predicted molar refractivity (Wildman–Crippen MR) is 93.2 cm³/mol. The zero-order valence-corrected chi connectivity index (χ0v) is 14.0. The first-order valence-corrected chi connectivity index (χ1v) is 9.02. The number of carbonyl (C=O) groups excluding carboxylic acids is 1. The molecule has 0 atom stereocenters. The summed E-state index contributed by atoms with van der Waals surface area (Å²) >= 11 is 0. The van der Waals surface area contributed by atoms with Gasteiger partial charge in [0.05, 0.1) is 0 Å². The Labute approximate surface area is 139 Å². The number of amides is 1. The zero-order valence-electron chi connectivity index (χ0n) is 14.0. The monoisotopic (exact) mass is 315 g/mol. The van der Waals surface area contributed by atoms with E-state index in [1.807, 2.05) is 0 Å². The molecule has 2 aliphatic rings. The van der Waals surface area contributed by atoms with Crippen LogP contribution in [0.4, 0.5) is 0 Å². The van der Waals surface area contributed by atoms with E-state index in [0.29, 0.717) is 0 Å². The highest BCUT2D eigenvalue weighted by molar-refractivity contribution is 5.84. The number of primary amides is 1. The molecule has 0 aliphatic carbocycles. The van der Waals surface area contributed by atoms with Crippen LogP contribution in [0.2, 0.25) is 0 Å². The van der Waals surface area contributed by atoms with E-state index < -0.39 is 0 Å². The normalized spacial score (nSPS) is 22.8. The first-order chi connectivity index (χ1) is 11.2. The van der Waals surface area contributed by atoms with Gasteiger partial charge in [0.15, 0.2) is 0 Å². The molecular formula is C19H29N3O. The summed E-state index contributed by atoms with van der Waals surface area (Å²) in [5.41, 5.74) is 6.84. The highest BCUT2D eigenvalue weighted by Crippen LogP contribution is 2.31. The average Bonchev–Trinajstić information content (AvgIpc) is 2.62. The van der Waals surface area contributed by atoms with Crippen molar-refractivity contribution in [2.24, 2.45) is 5.73 Å². The Bertz CT molecular complexity index is 503. The maximum Gasteiger partial charge on any atom is 0.238 e.